The van der Waals surface area contributed by atoms with Gasteiger partial charge in [-0.2, -0.15) is 0 Å². The number of rotatable bonds is 10. The third kappa shape index (κ3) is 6.68. The molecule has 0 atom stereocenters. The molecule has 0 aliphatic heterocycles. The summed E-state index contributed by atoms with van der Waals surface area (Å²) < 4.78 is 24.1. The number of benzene rings is 3. The van der Waals surface area contributed by atoms with Gasteiger partial charge in [0.15, 0.2) is 8.32 Å². The van der Waals surface area contributed by atoms with E-state index in [-0.39, 0.29) is 23.7 Å². The van der Waals surface area contributed by atoms with Crippen molar-refractivity contribution in [2.75, 3.05) is 7.11 Å². The van der Waals surface area contributed by atoms with Gasteiger partial charge < -0.3 is 18.6 Å². The molecule has 4 saturated carbocycles. The van der Waals surface area contributed by atoms with Gasteiger partial charge in [-0.15, -0.1) is 0 Å². The van der Waals surface area contributed by atoms with Crippen molar-refractivity contribution in [3.05, 3.63) is 94.5 Å². The van der Waals surface area contributed by atoms with Gasteiger partial charge in [-0.1, -0.05) is 51.1 Å². The Morgan fingerprint density at radius 3 is 1.96 bits per heavy atom. The van der Waals surface area contributed by atoms with Crippen LogP contribution in [0.2, 0.25) is 18.1 Å². The average molecular weight is 641 g/mol. The molecule has 244 valence electrons. The molecule has 0 saturated heterocycles. The minimum absolute atomic E-state index is 0.00713. The molecule has 0 unspecified atom stereocenters. The van der Waals surface area contributed by atoms with E-state index in [4.69, 9.17) is 18.6 Å². The minimum Gasteiger partial charge on any atom is -0.496 e. The largest absolute Gasteiger partial charge is 0.496 e. The van der Waals surface area contributed by atoms with Crippen molar-refractivity contribution < 1.29 is 28.2 Å². The number of carbonyl (C=O) groups excluding carboxylic acids is 2. The van der Waals surface area contributed by atoms with Gasteiger partial charge in [0.2, 0.25) is 0 Å². The highest BCUT2D eigenvalue weighted by Crippen LogP contribution is 2.62. The first kappa shape index (κ1) is 32.5. The monoisotopic (exact) mass is 640 g/mol. The van der Waals surface area contributed by atoms with Gasteiger partial charge in [-0.3, -0.25) is 0 Å². The van der Waals surface area contributed by atoms with Gasteiger partial charge in [0.25, 0.3) is 0 Å². The van der Waals surface area contributed by atoms with E-state index in [0.29, 0.717) is 22.4 Å². The van der Waals surface area contributed by atoms with Crippen molar-refractivity contribution in [2.24, 2.45) is 17.8 Å². The molecule has 6 nitrogen and oxygen atoms in total. The molecular weight excluding hydrogens is 593 g/mol. The summed E-state index contributed by atoms with van der Waals surface area (Å²) in [6.45, 7) is 11.3. The van der Waals surface area contributed by atoms with Crippen LogP contribution in [0.1, 0.15) is 96.7 Å². The maximum Gasteiger partial charge on any atom is 0.343 e. The minimum atomic E-state index is -2.14. The molecule has 3 aromatic carbocycles. The number of methoxy groups -OCH3 is 1. The van der Waals surface area contributed by atoms with E-state index in [1.807, 2.05) is 42.5 Å². The van der Waals surface area contributed by atoms with Crippen molar-refractivity contribution in [1.82, 2.24) is 0 Å². The van der Waals surface area contributed by atoms with Gasteiger partial charge >= 0.3 is 11.9 Å². The molecule has 7 heteroatoms. The smallest absolute Gasteiger partial charge is 0.343 e. The predicted molar refractivity (Wildman–Crippen MR) is 182 cm³/mol. The average Bonchev–Trinajstić information content (AvgIpc) is 3.02. The van der Waals surface area contributed by atoms with Gasteiger partial charge in [0, 0.05) is 11.1 Å². The van der Waals surface area contributed by atoms with Crippen LogP contribution in [0, 0.1) is 17.8 Å². The zero-order valence-electron chi connectivity index (χ0n) is 28.2. The Morgan fingerprint density at radius 2 is 1.37 bits per heavy atom. The second-order valence-corrected chi connectivity index (χ2v) is 20.2. The van der Waals surface area contributed by atoms with Gasteiger partial charge in [0.1, 0.15) is 18.1 Å². The standard InChI is InChI=1S/C39H48O6Si/c1-38(2,3)46(5,6)44-25-32-19-30(36(40)43-24-26-10-8-7-9-11-26)12-14-34(32)45-37(41)31-13-15-35(42-4)33(20-31)39-21-27-16-28(22-39)18-29(17-27)23-39/h7-15,19-20,27-29H,16-18,21-25H2,1-6H3. The molecule has 0 heterocycles. The zero-order valence-corrected chi connectivity index (χ0v) is 29.2. The molecule has 4 aliphatic rings. The van der Waals surface area contributed by atoms with Crippen molar-refractivity contribution in [1.29, 1.82) is 0 Å². The Bertz CT molecular complexity index is 1550. The lowest BCUT2D eigenvalue weighted by atomic mass is 9.48. The number of hydrogen-bond acceptors (Lipinski definition) is 6. The molecule has 0 aromatic heterocycles. The fourth-order valence-electron chi connectivity index (χ4n) is 8.05. The van der Waals surface area contributed by atoms with Gasteiger partial charge in [0.05, 0.1) is 24.8 Å². The first-order valence-electron chi connectivity index (χ1n) is 16.7. The predicted octanol–water partition coefficient (Wildman–Crippen LogP) is 9.26. The summed E-state index contributed by atoms with van der Waals surface area (Å²) in [7, 11) is -0.421. The van der Waals surface area contributed by atoms with E-state index in [1.54, 1.807) is 31.4 Å². The summed E-state index contributed by atoms with van der Waals surface area (Å²) in [5.41, 5.74) is 3.67. The first-order chi connectivity index (χ1) is 21.9. The maximum absolute atomic E-state index is 13.8. The second kappa shape index (κ2) is 12.6. The van der Waals surface area contributed by atoms with E-state index in [2.05, 4.69) is 33.9 Å². The Hall–Kier alpha value is -3.42. The van der Waals surface area contributed by atoms with Crippen LogP contribution < -0.4 is 9.47 Å². The lowest BCUT2D eigenvalue weighted by Crippen LogP contribution is -2.48. The number of hydrogen-bond donors (Lipinski definition) is 0. The molecule has 4 fully saturated rings. The van der Waals surface area contributed by atoms with Crippen LogP contribution in [0.25, 0.3) is 0 Å². The summed E-state index contributed by atoms with van der Waals surface area (Å²) in [5.74, 6) is 2.69. The highest BCUT2D eigenvalue weighted by atomic mass is 28.4. The molecule has 4 aliphatic carbocycles. The van der Waals surface area contributed by atoms with Crippen LogP contribution in [0.4, 0.5) is 0 Å². The number of esters is 2. The van der Waals surface area contributed by atoms with Crippen LogP contribution in [0.5, 0.6) is 11.5 Å². The van der Waals surface area contributed by atoms with Crippen LogP contribution in [-0.4, -0.2) is 27.4 Å². The maximum atomic E-state index is 13.8. The zero-order chi connectivity index (χ0) is 32.7. The van der Waals surface area contributed by atoms with Crippen molar-refractivity contribution in [3.63, 3.8) is 0 Å². The molecule has 0 spiro atoms. The van der Waals surface area contributed by atoms with Crippen LogP contribution >= 0.6 is 0 Å². The summed E-state index contributed by atoms with van der Waals surface area (Å²) in [5, 5.41) is -0.00713. The lowest BCUT2D eigenvalue weighted by Gasteiger charge is -2.57. The molecule has 46 heavy (non-hydrogen) atoms. The van der Waals surface area contributed by atoms with Gasteiger partial charge in [-0.25, -0.2) is 9.59 Å². The van der Waals surface area contributed by atoms with Crippen LogP contribution in [0.15, 0.2) is 66.7 Å². The summed E-state index contributed by atoms with van der Waals surface area (Å²) >= 11 is 0. The molecule has 3 aromatic rings. The SMILES string of the molecule is COc1ccc(C(=O)Oc2ccc(C(=O)OCc3ccccc3)cc2CO[Si](C)(C)C(C)(C)C)cc1C12CC3CC(CC(C3)C1)C2. The second-order valence-electron chi connectivity index (χ2n) is 15.4. The van der Waals surface area contributed by atoms with E-state index >= 15 is 0 Å². The fourth-order valence-corrected chi connectivity index (χ4v) is 9.00. The lowest BCUT2D eigenvalue weighted by molar-refractivity contribution is -0.00618. The molecular formula is C39H48O6Si. The first-order valence-corrected chi connectivity index (χ1v) is 19.7. The van der Waals surface area contributed by atoms with E-state index in [0.717, 1.165) is 34.6 Å². The highest BCUT2D eigenvalue weighted by molar-refractivity contribution is 6.74. The van der Waals surface area contributed by atoms with Crippen LogP contribution in [0.3, 0.4) is 0 Å². The van der Waals surface area contributed by atoms with Crippen molar-refractivity contribution >= 4 is 20.3 Å². The Labute approximate surface area is 274 Å². The Morgan fingerprint density at radius 1 is 0.783 bits per heavy atom. The Balaban J connectivity index is 1.26. The van der Waals surface area contributed by atoms with E-state index < -0.39 is 20.3 Å². The normalized spacial score (nSPS) is 23.7. The summed E-state index contributed by atoms with van der Waals surface area (Å²) in [4.78, 5) is 26.9. The quantitative estimate of drug-likeness (QED) is 0.125. The number of carbonyl (C=O) groups is 2. The topological polar surface area (TPSA) is 71.1 Å². The third-order valence-corrected chi connectivity index (χ3v) is 15.6. The molecule has 7 rings (SSSR count). The molecule has 0 radical (unpaired) electrons. The van der Waals surface area contributed by atoms with E-state index in [1.165, 1.54) is 38.5 Å². The van der Waals surface area contributed by atoms with Crippen molar-refractivity contribution in [3.8, 4) is 11.5 Å². The molecule has 0 amide bonds. The molecule has 0 N–H and O–H groups in total. The summed E-state index contributed by atoms with van der Waals surface area (Å²) in [6, 6.07) is 20.4. The van der Waals surface area contributed by atoms with Gasteiger partial charge in [-0.05, 0) is 122 Å². The Kier molecular flexibility index (Phi) is 8.94. The van der Waals surface area contributed by atoms with Crippen LogP contribution in [-0.2, 0) is 27.8 Å². The number of ether oxygens (including phenoxy) is 3. The van der Waals surface area contributed by atoms with Crippen molar-refractivity contribution in [2.45, 2.75) is 96.1 Å². The van der Waals surface area contributed by atoms with E-state index in [9.17, 15) is 9.59 Å². The molecule has 4 bridgehead atoms. The summed E-state index contributed by atoms with van der Waals surface area (Å²) in [6.07, 6.45) is 7.55. The highest BCUT2D eigenvalue weighted by Gasteiger charge is 2.52. The third-order valence-electron chi connectivity index (χ3n) is 11.2. The fraction of sp³-hybridized carbons (Fsp3) is 0.487.